The van der Waals surface area contributed by atoms with Crippen LogP contribution in [0.25, 0.3) is 10.4 Å². The van der Waals surface area contributed by atoms with Gasteiger partial charge in [-0.2, -0.15) is 0 Å². The molecule has 7 heteroatoms. The Labute approximate surface area is 163 Å². The van der Waals surface area contributed by atoms with Crippen LogP contribution in [-0.2, 0) is 9.59 Å². The molecule has 0 aliphatic rings. The molecule has 0 heterocycles. The zero-order chi connectivity index (χ0) is 20.2. The molecule has 0 saturated heterocycles. The lowest BCUT2D eigenvalue weighted by Crippen LogP contribution is -2.41. The summed E-state index contributed by atoms with van der Waals surface area (Å²) in [5, 5.41) is 14.9. The fourth-order valence-corrected chi connectivity index (χ4v) is 3.06. The Hall–Kier alpha value is -1.75. The number of carbonyl (C=O) groups is 2. The molecule has 27 heavy (non-hydrogen) atoms. The van der Waals surface area contributed by atoms with Crippen LogP contribution >= 0.6 is 0 Å². The number of carboxylic acid groups (broad SMARTS) is 1. The van der Waals surface area contributed by atoms with Gasteiger partial charge >= 0.3 is 5.97 Å². The van der Waals surface area contributed by atoms with E-state index in [4.69, 9.17) is 10.6 Å². The number of rotatable bonds is 19. The number of amides is 1. The third-order valence-corrected chi connectivity index (χ3v) is 4.72. The van der Waals surface area contributed by atoms with E-state index in [0.717, 1.165) is 19.3 Å². The minimum atomic E-state index is -1.10. The highest BCUT2D eigenvalue weighted by molar-refractivity contribution is 5.83. The summed E-state index contributed by atoms with van der Waals surface area (Å²) in [5.41, 5.74) is 8.21. The van der Waals surface area contributed by atoms with Crippen LogP contribution in [0, 0.1) is 0 Å². The van der Waals surface area contributed by atoms with Gasteiger partial charge in [0.2, 0.25) is 5.91 Å². The SMILES string of the molecule is CCCCCCCCCCCCCCCC(=O)NC(CCN=[N+]=[N-])C(=O)O. The third-order valence-electron chi connectivity index (χ3n) is 4.72. The Morgan fingerprint density at radius 3 is 1.85 bits per heavy atom. The van der Waals surface area contributed by atoms with Crippen molar-refractivity contribution in [1.29, 1.82) is 0 Å². The smallest absolute Gasteiger partial charge is 0.326 e. The predicted molar refractivity (Wildman–Crippen MR) is 109 cm³/mol. The minimum Gasteiger partial charge on any atom is -0.480 e. The number of aliphatic carboxylic acids is 1. The average Bonchev–Trinajstić information content (AvgIpc) is 2.64. The second-order valence-electron chi connectivity index (χ2n) is 7.19. The van der Waals surface area contributed by atoms with Crippen molar-refractivity contribution in [3.05, 3.63) is 10.4 Å². The van der Waals surface area contributed by atoms with Crippen LogP contribution in [0.3, 0.4) is 0 Å². The van der Waals surface area contributed by atoms with Gasteiger partial charge in [0, 0.05) is 17.9 Å². The molecule has 1 atom stereocenters. The van der Waals surface area contributed by atoms with Gasteiger partial charge in [-0.15, -0.1) is 0 Å². The number of unbranched alkanes of at least 4 members (excludes halogenated alkanes) is 12. The van der Waals surface area contributed by atoms with Crippen molar-refractivity contribution >= 4 is 11.9 Å². The Bertz CT molecular complexity index is 437. The zero-order valence-electron chi connectivity index (χ0n) is 17.0. The Morgan fingerprint density at radius 1 is 0.926 bits per heavy atom. The highest BCUT2D eigenvalue weighted by Crippen LogP contribution is 2.13. The molecule has 2 N–H and O–H groups in total. The van der Waals surface area contributed by atoms with E-state index < -0.39 is 12.0 Å². The standard InChI is InChI=1S/C20H38N4O3/c1-2-3-4-5-6-7-8-9-10-11-12-13-14-15-19(25)23-18(20(26)27)16-17-22-24-21/h18H,2-17H2,1H3,(H,23,25)(H,26,27). The monoisotopic (exact) mass is 382 g/mol. The summed E-state index contributed by atoms with van der Waals surface area (Å²) < 4.78 is 0. The highest BCUT2D eigenvalue weighted by atomic mass is 16.4. The molecule has 0 rings (SSSR count). The summed E-state index contributed by atoms with van der Waals surface area (Å²) in [7, 11) is 0. The predicted octanol–water partition coefficient (Wildman–Crippen LogP) is 5.74. The molecule has 0 radical (unpaired) electrons. The van der Waals surface area contributed by atoms with Gasteiger partial charge in [0.05, 0.1) is 0 Å². The van der Waals surface area contributed by atoms with E-state index in [0.29, 0.717) is 6.42 Å². The number of hydrogen-bond donors (Lipinski definition) is 2. The fourth-order valence-electron chi connectivity index (χ4n) is 3.06. The summed E-state index contributed by atoms with van der Waals surface area (Å²) in [6.45, 7) is 2.31. The molecule has 156 valence electrons. The first-order chi connectivity index (χ1) is 13.1. The third kappa shape index (κ3) is 17.4. The Kier molecular flexibility index (Phi) is 17.8. The molecule has 0 aromatic heterocycles. The molecule has 0 aliphatic heterocycles. The summed E-state index contributed by atoms with van der Waals surface area (Å²) in [5.74, 6) is -1.34. The Balaban J connectivity index is 3.51. The fraction of sp³-hybridized carbons (Fsp3) is 0.900. The van der Waals surface area contributed by atoms with Crippen molar-refractivity contribution in [3.8, 4) is 0 Å². The van der Waals surface area contributed by atoms with Crippen molar-refractivity contribution < 1.29 is 14.7 Å². The number of hydrogen-bond acceptors (Lipinski definition) is 3. The van der Waals surface area contributed by atoms with Crippen LogP contribution < -0.4 is 5.32 Å². The van der Waals surface area contributed by atoms with Gasteiger partial charge in [0.15, 0.2) is 0 Å². The van der Waals surface area contributed by atoms with E-state index in [1.54, 1.807) is 0 Å². The quantitative estimate of drug-likeness (QED) is 0.128. The van der Waals surface area contributed by atoms with Crippen molar-refractivity contribution in [2.75, 3.05) is 6.54 Å². The second-order valence-corrected chi connectivity index (χ2v) is 7.19. The maximum atomic E-state index is 11.8. The molecular weight excluding hydrogens is 344 g/mol. The number of nitrogens with one attached hydrogen (secondary N) is 1. The molecule has 1 amide bonds. The van der Waals surface area contributed by atoms with Crippen LogP contribution in [0.15, 0.2) is 5.11 Å². The van der Waals surface area contributed by atoms with E-state index in [1.165, 1.54) is 64.2 Å². The molecule has 0 spiro atoms. The van der Waals surface area contributed by atoms with E-state index in [2.05, 4.69) is 22.3 Å². The second kappa shape index (κ2) is 19.0. The molecule has 0 aromatic rings. The molecule has 0 bridgehead atoms. The highest BCUT2D eigenvalue weighted by Gasteiger charge is 2.18. The lowest BCUT2D eigenvalue weighted by atomic mass is 10.0. The number of azide groups is 1. The topological polar surface area (TPSA) is 115 Å². The van der Waals surface area contributed by atoms with Crippen molar-refractivity contribution in [1.82, 2.24) is 5.32 Å². The molecule has 0 aromatic carbocycles. The summed E-state index contributed by atoms with van der Waals surface area (Å²) in [4.78, 5) is 25.5. The molecule has 0 fully saturated rings. The lowest BCUT2D eigenvalue weighted by molar-refractivity contribution is -0.142. The first kappa shape index (κ1) is 25.2. The van der Waals surface area contributed by atoms with Crippen LogP contribution in [0.1, 0.15) is 103 Å². The molecule has 0 aliphatic carbocycles. The van der Waals surface area contributed by atoms with Crippen LogP contribution in [0.4, 0.5) is 0 Å². The lowest BCUT2D eigenvalue weighted by Gasteiger charge is -2.13. The first-order valence-electron chi connectivity index (χ1n) is 10.6. The van der Waals surface area contributed by atoms with Gasteiger partial charge in [-0.3, -0.25) is 4.79 Å². The number of nitrogens with zero attached hydrogens (tertiary/aromatic N) is 3. The summed E-state index contributed by atoms with van der Waals surface area (Å²) >= 11 is 0. The van der Waals surface area contributed by atoms with Gasteiger partial charge in [-0.05, 0) is 18.4 Å². The van der Waals surface area contributed by atoms with Crippen molar-refractivity contribution in [3.63, 3.8) is 0 Å². The van der Waals surface area contributed by atoms with Crippen molar-refractivity contribution in [2.45, 2.75) is 109 Å². The Morgan fingerprint density at radius 2 is 1.41 bits per heavy atom. The molecule has 7 nitrogen and oxygen atoms in total. The van der Waals surface area contributed by atoms with Gasteiger partial charge in [0.1, 0.15) is 6.04 Å². The minimum absolute atomic E-state index is 0.0620. The van der Waals surface area contributed by atoms with Crippen LogP contribution in [-0.4, -0.2) is 29.6 Å². The van der Waals surface area contributed by atoms with Gasteiger partial charge in [0.25, 0.3) is 0 Å². The summed E-state index contributed by atoms with van der Waals surface area (Å²) in [6, 6.07) is -0.982. The number of carboxylic acids is 1. The van der Waals surface area contributed by atoms with Gasteiger partial charge in [-0.1, -0.05) is 89.1 Å². The van der Waals surface area contributed by atoms with E-state index in [-0.39, 0.29) is 18.9 Å². The molecule has 0 saturated carbocycles. The maximum absolute atomic E-state index is 11.8. The summed E-state index contributed by atoms with van der Waals surface area (Å²) in [6.07, 6.45) is 16.6. The molecule has 1 unspecified atom stereocenters. The number of carbonyl (C=O) groups excluding carboxylic acids is 1. The normalized spacial score (nSPS) is 11.6. The average molecular weight is 383 g/mol. The first-order valence-corrected chi connectivity index (χ1v) is 10.6. The van der Waals surface area contributed by atoms with Crippen molar-refractivity contribution in [2.24, 2.45) is 5.11 Å². The van der Waals surface area contributed by atoms with E-state index in [9.17, 15) is 9.59 Å². The van der Waals surface area contributed by atoms with E-state index >= 15 is 0 Å². The van der Waals surface area contributed by atoms with Crippen LogP contribution in [0.5, 0.6) is 0 Å². The van der Waals surface area contributed by atoms with Gasteiger partial charge in [-0.25, -0.2) is 4.79 Å². The maximum Gasteiger partial charge on any atom is 0.326 e. The van der Waals surface area contributed by atoms with E-state index in [1.807, 2.05) is 0 Å². The zero-order valence-corrected chi connectivity index (χ0v) is 17.0. The largest absolute Gasteiger partial charge is 0.480 e. The van der Waals surface area contributed by atoms with Crippen LogP contribution in [0.2, 0.25) is 0 Å². The molecular formula is C20H38N4O3. The van der Waals surface area contributed by atoms with Gasteiger partial charge < -0.3 is 10.4 Å².